The molecule has 0 aromatic carbocycles. The standard InChI is InChI=1S/C8H16N2O2/c1-6(11-2)8(10-9)7-4-3-5-12-7/h4,6,8,10H,3,5,9H2,1-2H3. The first kappa shape index (κ1) is 9.51. The van der Waals surface area contributed by atoms with Gasteiger partial charge in [0, 0.05) is 13.5 Å². The van der Waals surface area contributed by atoms with Gasteiger partial charge in [-0.2, -0.15) is 0 Å². The minimum absolute atomic E-state index is 0.0272. The van der Waals surface area contributed by atoms with Crippen LogP contribution >= 0.6 is 0 Å². The van der Waals surface area contributed by atoms with Crippen LogP contribution in [0.3, 0.4) is 0 Å². The Morgan fingerprint density at radius 1 is 1.75 bits per heavy atom. The van der Waals surface area contributed by atoms with E-state index < -0.39 is 0 Å². The summed E-state index contributed by atoms with van der Waals surface area (Å²) in [5, 5.41) is 0. The summed E-state index contributed by atoms with van der Waals surface area (Å²) in [7, 11) is 1.66. The van der Waals surface area contributed by atoms with Gasteiger partial charge in [0.25, 0.3) is 0 Å². The molecule has 4 nitrogen and oxygen atoms in total. The zero-order valence-electron chi connectivity index (χ0n) is 7.54. The Kier molecular flexibility index (Phi) is 3.52. The molecule has 0 fully saturated rings. The average Bonchev–Trinajstić information content (AvgIpc) is 2.58. The average molecular weight is 172 g/mol. The maximum atomic E-state index is 5.38. The molecule has 1 rings (SSSR count). The van der Waals surface area contributed by atoms with Gasteiger partial charge in [-0.15, -0.1) is 0 Å². The molecule has 12 heavy (non-hydrogen) atoms. The quantitative estimate of drug-likeness (QED) is 0.468. The van der Waals surface area contributed by atoms with Crippen LogP contribution in [0.25, 0.3) is 0 Å². The Morgan fingerprint density at radius 3 is 2.92 bits per heavy atom. The van der Waals surface area contributed by atoms with Crippen molar-refractivity contribution in [2.45, 2.75) is 25.5 Å². The van der Waals surface area contributed by atoms with E-state index in [1.165, 1.54) is 0 Å². The summed E-state index contributed by atoms with van der Waals surface area (Å²) in [4.78, 5) is 0. The Bertz CT molecular complexity index is 170. The number of hydrazine groups is 1. The highest BCUT2D eigenvalue weighted by atomic mass is 16.5. The lowest BCUT2D eigenvalue weighted by atomic mass is 10.1. The molecule has 70 valence electrons. The van der Waals surface area contributed by atoms with Crippen molar-refractivity contribution in [1.29, 1.82) is 0 Å². The van der Waals surface area contributed by atoms with Crippen molar-refractivity contribution in [2.75, 3.05) is 13.7 Å². The van der Waals surface area contributed by atoms with E-state index in [0.29, 0.717) is 0 Å². The maximum absolute atomic E-state index is 5.38. The third-order valence-corrected chi connectivity index (χ3v) is 2.06. The minimum Gasteiger partial charge on any atom is -0.496 e. The molecule has 1 heterocycles. The Balaban J connectivity index is 2.54. The minimum atomic E-state index is -0.0301. The van der Waals surface area contributed by atoms with Crippen LogP contribution in [0.5, 0.6) is 0 Å². The van der Waals surface area contributed by atoms with Crippen molar-refractivity contribution in [2.24, 2.45) is 5.84 Å². The molecule has 3 N–H and O–H groups in total. The Labute approximate surface area is 72.7 Å². The van der Waals surface area contributed by atoms with Crippen LogP contribution in [0.4, 0.5) is 0 Å². The molecule has 0 aliphatic carbocycles. The molecule has 0 radical (unpaired) electrons. The highest BCUT2D eigenvalue weighted by Crippen LogP contribution is 2.16. The topological polar surface area (TPSA) is 56.5 Å². The van der Waals surface area contributed by atoms with Crippen LogP contribution in [0, 0.1) is 0 Å². The molecule has 0 amide bonds. The van der Waals surface area contributed by atoms with Crippen molar-refractivity contribution in [3.63, 3.8) is 0 Å². The zero-order chi connectivity index (χ0) is 8.97. The molecule has 2 unspecified atom stereocenters. The van der Waals surface area contributed by atoms with Gasteiger partial charge in [-0.05, 0) is 13.0 Å². The molecular formula is C8H16N2O2. The van der Waals surface area contributed by atoms with E-state index in [0.717, 1.165) is 18.8 Å². The molecule has 0 aromatic heterocycles. The predicted molar refractivity (Wildman–Crippen MR) is 46.2 cm³/mol. The summed E-state index contributed by atoms with van der Waals surface area (Å²) in [6.07, 6.45) is 3.03. The van der Waals surface area contributed by atoms with Gasteiger partial charge in [-0.1, -0.05) is 0 Å². The van der Waals surface area contributed by atoms with Crippen LogP contribution < -0.4 is 11.3 Å². The number of methoxy groups -OCH3 is 1. The Morgan fingerprint density at radius 2 is 2.50 bits per heavy atom. The van der Waals surface area contributed by atoms with Crippen LogP contribution in [-0.2, 0) is 9.47 Å². The number of nitrogens with two attached hydrogens (primary N) is 1. The number of nitrogens with one attached hydrogen (secondary N) is 1. The number of rotatable bonds is 4. The van der Waals surface area contributed by atoms with Crippen molar-refractivity contribution >= 4 is 0 Å². The zero-order valence-corrected chi connectivity index (χ0v) is 7.54. The molecule has 0 aromatic rings. The fraction of sp³-hybridized carbons (Fsp3) is 0.750. The van der Waals surface area contributed by atoms with Crippen molar-refractivity contribution in [3.8, 4) is 0 Å². The monoisotopic (exact) mass is 172 g/mol. The molecule has 0 bridgehead atoms. The van der Waals surface area contributed by atoms with E-state index in [1.54, 1.807) is 7.11 Å². The molecule has 0 saturated heterocycles. The summed E-state index contributed by atoms with van der Waals surface area (Å²) >= 11 is 0. The first-order valence-electron chi connectivity index (χ1n) is 4.11. The lowest BCUT2D eigenvalue weighted by Gasteiger charge is -2.22. The summed E-state index contributed by atoms with van der Waals surface area (Å²) < 4.78 is 10.5. The number of hydrogen-bond donors (Lipinski definition) is 2. The van der Waals surface area contributed by atoms with E-state index >= 15 is 0 Å². The van der Waals surface area contributed by atoms with Gasteiger partial charge in [-0.3, -0.25) is 5.84 Å². The lowest BCUT2D eigenvalue weighted by Crippen LogP contribution is -2.45. The molecule has 0 saturated carbocycles. The van der Waals surface area contributed by atoms with Crippen molar-refractivity contribution in [1.82, 2.24) is 5.43 Å². The molecular weight excluding hydrogens is 156 g/mol. The van der Waals surface area contributed by atoms with Crippen LogP contribution in [0.2, 0.25) is 0 Å². The molecule has 2 atom stereocenters. The SMILES string of the molecule is COC(C)C(NN)C1=CCCO1. The lowest BCUT2D eigenvalue weighted by molar-refractivity contribution is 0.0714. The Hall–Kier alpha value is -0.580. The molecule has 1 aliphatic rings. The van der Waals surface area contributed by atoms with E-state index in [-0.39, 0.29) is 12.1 Å². The third-order valence-electron chi connectivity index (χ3n) is 2.06. The fourth-order valence-corrected chi connectivity index (χ4v) is 1.24. The van der Waals surface area contributed by atoms with E-state index in [1.807, 2.05) is 13.0 Å². The molecule has 4 heteroatoms. The van der Waals surface area contributed by atoms with E-state index in [2.05, 4.69) is 5.43 Å². The molecule has 1 aliphatic heterocycles. The largest absolute Gasteiger partial charge is 0.496 e. The van der Waals surface area contributed by atoms with E-state index in [9.17, 15) is 0 Å². The second-order valence-electron chi connectivity index (χ2n) is 2.83. The van der Waals surface area contributed by atoms with Crippen molar-refractivity contribution < 1.29 is 9.47 Å². The predicted octanol–water partition coefficient (Wildman–Crippen LogP) is 0.157. The second-order valence-corrected chi connectivity index (χ2v) is 2.83. The maximum Gasteiger partial charge on any atom is 0.113 e. The van der Waals surface area contributed by atoms with Gasteiger partial charge >= 0.3 is 0 Å². The van der Waals surface area contributed by atoms with Gasteiger partial charge in [0.05, 0.1) is 12.7 Å². The molecule has 0 spiro atoms. The fourth-order valence-electron chi connectivity index (χ4n) is 1.24. The summed E-state index contributed by atoms with van der Waals surface area (Å²) in [5.41, 5.74) is 2.68. The van der Waals surface area contributed by atoms with Gasteiger partial charge in [0.2, 0.25) is 0 Å². The van der Waals surface area contributed by atoms with Gasteiger partial charge in [0.15, 0.2) is 0 Å². The highest BCUT2D eigenvalue weighted by molar-refractivity contribution is 5.08. The second kappa shape index (κ2) is 4.45. The highest BCUT2D eigenvalue weighted by Gasteiger charge is 2.23. The van der Waals surface area contributed by atoms with Crippen molar-refractivity contribution in [3.05, 3.63) is 11.8 Å². The third kappa shape index (κ3) is 1.97. The smallest absolute Gasteiger partial charge is 0.113 e. The number of ether oxygens (including phenoxy) is 2. The van der Waals surface area contributed by atoms with Gasteiger partial charge < -0.3 is 9.47 Å². The van der Waals surface area contributed by atoms with Gasteiger partial charge in [0.1, 0.15) is 11.8 Å². The van der Waals surface area contributed by atoms with Crippen LogP contribution in [0.15, 0.2) is 11.8 Å². The number of hydrogen-bond acceptors (Lipinski definition) is 4. The van der Waals surface area contributed by atoms with Crippen LogP contribution in [-0.4, -0.2) is 25.9 Å². The summed E-state index contributed by atoms with van der Waals surface area (Å²) in [6, 6.07) is -0.0301. The normalized spacial score (nSPS) is 21.4. The first-order valence-corrected chi connectivity index (χ1v) is 4.11. The van der Waals surface area contributed by atoms with Gasteiger partial charge in [-0.25, -0.2) is 5.43 Å². The van der Waals surface area contributed by atoms with E-state index in [4.69, 9.17) is 15.3 Å². The first-order chi connectivity index (χ1) is 5.79. The summed E-state index contributed by atoms with van der Waals surface area (Å²) in [5.74, 6) is 6.27. The summed E-state index contributed by atoms with van der Waals surface area (Å²) in [6.45, 7) is 2.71. The van der Waals surface area contributed by atoms with Crippen LogP contribution in [0.1, 0.15) is 13.3 Å².